The van der Waals surface area contributed by atoms with Crippen molar-refractivity contribution in [3.8, 4) is 0 Å². The van der Waals surface area contributed by atoms with Crippen LogP contribution in [0.25, 0.3) is 0 Å². The van der Waals surface area contributed by atoms with Crippen molar-refractivity contribution < 1.29 is 0 Å². The molecule has 1 radical (unpaired) electrons. The Kier molecular flexibility index (Phi) is 2.32. The van der Waals surface area contributed by atoms with E-state index in [1.165, 1.54) is 0 Å². The van der Waals surface area contributed by atoms with Crippen LogP contribution in [0.4, 0.5) is 0 Å². The number of hydrogen-bond donors (Lipinski definition) is 1. The highest BCUT2D eigenvalue weighted by Gasteiger charge is 2.04. The molecule has 1 heteroatoms. The van der Waals surface area contributed by atoms with Gasteiger partial charge in [-0.05, 0) is 12.5 Å². The van der Waals surface area contributed by atoms with Crippen LogP contribution in [0.3, 0.4) is 0 Å². The van der Waals surface area contributed by atoms with Gasteiger partial charge in [-0.1, -0.05) is 36.9 Å². The summed E-state index contributed by atoms with van der Waals surface area (Å²) < 4.78 is 0. The number of hydrogen-bond acceptors (Lipinski definition) is 1. The second-order valence-electron chi connectivity index (χ2n) is 2.52. The second-order valence-corrected chi connectivity index (χ2v) is 2.52. The van der Waals surface area contributed by atoms with Gasteiger partial charge in [-0.3, -0.25) is 0 Å². The van der Waals surface area contributed by atoms with Crippen molar-refractivity contribution in [1.82, 2.24) is 0 Å². The fourth-order valence-electron chi connectivity index (χ4n) is 0.874. The van der Waals surface area contributed by atoms with Gasteiger partial charge in [0.05, 0.1) is 0 Å². The van der Waals surface area contributed by atoms with E-state index < -0.39 is 0 Å². The smallest absolute Gasteiger partial charge is 0.0462 e. The third kappa shape index (κ3) is 1.84. The zero-order valence-corrected chi connectivity index (χ0v) is 6.67. The van der Waals surface area contributed by atoms with Crippen molar-refractivity contribution in [2.45, 2.75) is 6.92 Å². The van der Waals surface area contributed by atoms with Gasteiger partial charge in [-0.15, -0.1) is 0 Å². The summed E-state index contributed by atoms with van der Waals surface area (Å²) in [7, 11) is 0. The number of benzene rings is 1. The maximum absolute atomic E-state index is 5.54. The van der Waals surface area contributed by atoms with Crippen LogP contribution in [-0.4, -0.2) is 0 Å². The lowest BCUT2D eigenvalue weighted by molar-refractivity contribution is 1.13. The number of rotatable bonds is 2. The Labute approximate surface area is 67.5 Å². The zero-order valence-electron chi connectivity index (χ0n) is 6.67. The molecule has 1 nitrogen and oxygen atoms in total. The van der Waals surface area contributed by atoms with Gasteiger partial charge in [0, 0.05) is 11.6 Å². The molecule has 0 aliphatic rings. The van der Waals surface area contributed by atoms with Gasteiger partial charge in [-0.25, -0.2) is 0 Å². The first-order valence-corrected chi connectivity index (χ1v) is 3.55. The van der Waals surface area contributed by atoms with Gasteiger partial charge in [0.2, 0.25) is 0 Å². The second kappa shape index (κ2) is 3.24. The molecule has 57 valence electrons. The first-order valence-electron chi connectivity index (χ1n) is 3.55. The zero-order chi connectivity index (χ0) is 8.27. The van der Waals surface area contributed by atoms with Crippen LogP contribution in [0.15, 0.2) is 42.6 Å². The van der Waals surface area contributed by atoms with Gasteiger partial charge in [0.1, 0.15) is 0 Å². The van der Waals surface area contributed by atoms with Crippen LogP contribution in [0.5, 0.6) is 0 Å². The third-order valence-electron chi connectivity index (χ3n) is 1.69. The molecular weight excluding hydrogens is 134 g/mol. The fraction of sp³-hybridized carbons (Fsp3) is 0.100. The van der Waals surface area contributed by atoms with Gasteiger partial charge >= 0.3 is 0 Å². The summed E-state index contributed by atoms with van der Waals surface area (Å²) in [6.45, 7) is 5.64. The molecule has 0 unspecified atom stereocenters. The maximum Gasteiger partial charge on any atom is 0.0462 e. The Hall–Kier alpha value is -1.24. The number of allylic oxidation sites excluding steroid dienone is 1. The average molecular weight is 146 g/mol. The lowest BCUT2D eigenvalue weighted by atomic mass is 9.99. The predicted molar refractivity (Wildman–Crippen MR) is 47.8 cm³/mol. The minimum atomic E-state index is 0.635. The van der Waals surface area contributed by atoms with E-state index in [4.69, 9.17) is 5.73 Å². The standard InChI is InChI=1S/C10H12N/c1-8(9(2)11)10-6-4-3-5-7-10/h3-7H,2,11H2,1H3. The van der Waals surface area contributed by atoms with E-state index in [9.17, 15) is 0 Å². The minimum Gasteiger partial charge on any atom is -0.402 e. The largest absolute Gasteiger partial charge is 0.402 e. The quantitative estimate of drug-likeness (QED) is 0.679. The highest BCUT2D eigenvalue weighted by Crippen LogP contribution is 2.16. The van der Waals surface area contributed by atoms with Gasteiger partial charge in [0.15, 0.2) is 0 Å². The van der Waals surface area contributed by atoms with E-state index in [0.717, 1.165) is 11.5 Å². The average Bonchev–Trinajstić information content (AvgIpc) is 2.05. The Morgan fingerprint density at radius 2 is 1.82 bits per heavy atom. The Balaban J connectivity index is 2.85. The third-order valence-corrected chi connectivity index (χ3v) is 1.69. The first-order chi connectivity index (χ1) is 5.22. The van der Waals surface area contributed by atoms with E-state index in [0.29, 0.717) is 5.70 Å². The van der Waals surface area contributed by atoms with Gasteiger partial charge < -0.3 is 5.73 Å². The molecule has 11 heavy (non-hydrogen) atoms. The van der Waals surface area contributed by atoms with Crippen molar-refractivity contribution in [2.24, 2.45) is 5.73 Å². The molecule has 1 aromatic rings. The van der Waals surface area contributed by atoms with Crippen molar-refractivity contribution >= 4 is 0 Å². The van der Waals surface area contributed by atoms with Crippen molar-refractivity contribution in [2.75, 3.05) is 0 Å². The van der Waals surface area contributed by atoms with Crippen molar-refractivity contribution in [1.29, 1.82) is 0 Å². The summed E-state index contributed by atoms with van der Waals surface area (Å²) in [6, 6.07) is 10.0. The molecule has 0 amide bonds. The first kappa shape index (κ1) is 7.86. The molecule has 0 aromatic heterocycles. The summed E-state index contributed by atoms with van der Waals surface area (Å²) in [4.78, 5) is 0. The molecule has 0 saturated carbocycles. The summed E-state index contributed by atoms with van der Waals surface area (Å²) in [5, 5.41) is 0. The van der Waals surface area contributed by atoms with Crippen LogP contribution >= 0.6 is 0 Å². The molecule has 0 fully saturated rings. The fourth-order valence-corrected chi connectivity index (χ4v) is 0.874. The van der Waals surface area contributed by atoms with Crippen LogP contribution < -0.4 is 5.73 Å². The summed E-state index contributed by atoms with van der Waals surface area (Å²) in [5.74, 6) is 1.05. The topological polar surface area (TPSA) is 26.0 Å². The Bertz CT molecular complexity index is 238. The molecule has 0 bridgehead atoms. The van der Waals surface area contributed by atoms with E-state index in [2.05, 4.69) is 6.58 Å². The molecule has 0 atom stereocenters. The van der Waals surface area contributed by atoms with Crippen LogP contribution in [-0.2, 0) is 0 Å². The summed E-state index contributed by atoms with van der Waals surface area (Å²) in [5.41, 5.74) is 7.31. The normalized spacial score (nSPS) is 10.0. The Morgan fingerprint density at radius 3 is 2.27 bits per heavy atom. The van der Waals surface area contributed by atoms with E-state index in [1.54, 1.807) is 0 Å². The van der Waals surface area contributed by atoms with E-state index in [-0.39, 0.29) is 0 Å². The molecule has 0 saturated heterocycles. The molecule has 2 N–H and O–H groups in total. The minimum absolute atomic E-state index is 0.635. The molecule has 0 aliphatic carbocycles. The predicted octanol–water partition coefficient (Wildman–Crippen LogP) is 2.10. The van der Waals surface area contributed by atoms with Crippen LogP contribution in [0.2, 0.25) is 0 Å². The molecule has 1 rings (SSSR count). The van der Waals surface area contributed by atoms with Crippen molar-refractivity contribution in [3.05, 3.63) is 54.1 Å². The molecular formula is C10H12N. The maximum atomic E-state index is 5.54. The SMILES string of the molecule is C=C(N)[C](C)c1ccccc1. The van der Waals surface area contributed by atoms with Crippen molar-refractivity contribution in [3.63, 3.8) is 0 Å². The van der Waals surface area contributed by atoms with Crippen LogP contribution in [0.1, 0.15) is 12.5 Å². The molecule has 1 aromatic carbocycles. The Morgan fingerprint density at radius 1 is 1.27 bits per heavy atom. The molecule has 0 spiro atoms. The number of nitrogens with two attached hydrogens (primary N) is 1. The monoisotopic (exact) mass is 146 g/mol. The summed E-state index contributed by atoms with van der Waals surface area (Å²) >= 11 is 0. The molecule has 0 aliphatic heterocycles. The van der Waals surface area contributed by atoms with Gasteiger partial charge in [-0.2, -0.15) is 0 Å². The lowest BCUT2D eigenvalue weighted by Crippen LogP contribution is -2.05. The highest BCUT2D eigenvalue weighted by atomic mass is 14.6. The van der Waals surface area contributed by atoms with E-state index >= 15 is 0 Å². The molecule has 0 heterocycles. The highest BCUT2D eigenvalue weighted by molar-refractivity contribution is 5.38. The lowest BCUT2D eigenvalue weighted by Gasteiger charge is -2.08. The summed E-state index contributed by atoms with van der Waals surface area (Å²) in [6.07, 6.45) is 0. The van der Waals surface area contributed by atoms with Crippen LogP contribution in [0, 0.1) is 5.92 Å². The van der Waals surface area contributed by atoms with Gasteiger partial charge in [0.25, 0.3) is 0 Å². The van der Waals surface area contributed by atoms with E-state index in [1.807, 2.05) is 37.3 Å².